The molecule has 0 aliphatic heterocycles. The number of carbonyl (C=O) groups is 2. The van der Waals surface area contributed by atoms with Crippen molar-refractivity contribution < 1.29 is 18.0 Å². The summed E-state index contributed by atoms with van der Waals surface area (Å²) in [5.74, 6) is -0.869. The van der Waals surface area contributed by atoms with Crippen LogP contribution in [-0.4, -0.2) is 44.3 Å². The lowest BCUT2D eigenvalue weighted by molar-refractivity contribution is -0.140. The number of anilines is 1. The van der Waals surface area contributed by atoms with Crippen LogP contribution in [0.1, 0.15) is 43.4 Å². The first-order valence-corrected chi connectivity index (χ1v) is 15.8. The van der Waals surface area contributed by atoms with Gasteiger partial charge in [-0.25, -0.2) is 8.42 Å². The Morgan fingerprint density at radius 3 is 2.15 bits per heavy atom. The van der Waals surface area contributed by atoms with E-state index >= 15 is 0 Å². The van der Waals surface area contributed by atoms with Gasteiger partial charge >= 0.3 is 0 Å². The van der Waals surface area contributed by atoms with E-state index < -0.39 is 28.5 Å². The number of hydrogen-bond acceptors (Lipinski definition) is 4. The highest BCUT2D eigenvalue weighted by Crippen LogP contribution is 2.28. The third-order valence-corrected chi connectivity index (χ3v) is 9.51. The molecule has 0 saturated heterocycles. The fourth-order valence-electron chi connectivity index (χ4n) is 4.26. The fraction of sp³-hybridized carbons (Fsp3) is 0.333. The van der Waals surface area contributed by atoms with Gasteiger partial charge < -0.3 is 10.2 Å². The van der Waals surface area contributed by atoms with Crippen molar-refractivity contribution >= 4 is 62.3 Å². The largest absolute Gasteiger partial charge is 0.354 e. The quantitative estimate of drug-likeness (QED) is 0.237. The van der Waals surface area contributed by atoms with Crippen molar-refractivity contribution in [3.05, 3.63) is 92.4 Å². The molecule has 11 heteroatoms. The van der Waals surface area contributed by atoms with Crippen LogP contribution in [0, 0.1) is 13.8 Å². The van der Waals surface area contributed by atoms with Crippen LogP contribution in [0.3, 0.4) is 0 Å². The molecule has 3 aromatic rings. The van der Waals surface area contributed by atoms with Crippen molar-refractivity contribution in [3.63, 3.8) is 0 Å². The van der Waals surface area contributed by atoms with Gasteiger partial charge in [0.2, 0.25) is 11.8 Å². The number of nitrogens with one attached hydrogen (secondary N) is 1. The Morgan fingerprint density at radius 2 is 1.56 bits per heavy atom. The van der Waals surface area contributed by atoms with Crippen LogP contribution in [0.2, 0.25) is 15.1 Å². The topological polar surface area (TPSA) is 86.8 Å². The standard InChI is InChI=1S/C30H34Cl3N3O4S/c1-5-15-34-30(38)28(6-2)35(18-22-8-14-26(32)27(33)17-22)29(37)19-36(24-11-7-20(3)21(4)16-24)41(39,40)25-12-9-23(31)10-13-25/h7-14,16-17,28H,5-6,15,18-19H2,1-4H3,(H,34,38). The Hall–Kier alpha value is -2.78. The molecule has 1 unspecified atom stereocenters. The minimum absolute atomic E-state index is 0.0170. The van der Waals surface area contributed by atoms with E-state index in [1.54, 1.807) is 43.3 Å². The molecule has 7 nitrogen and oxygen atoms in total. The van der Waals surface area contributed by atoms with E-state index in [1.807, 2.05) is 20.8 Å². The first kappa shape index (κ1) is 32.7. The number of benzene rings is 3. The molecule has 0 saturated carbocycles. The van der Waals surface area contributed by atoms with E-state index in [1.165, 1.54) is 29.2 Å². The van der Waals surface area contributed by atoms with Gasteiger partial charge in [-0.3, -0.25) is 13.9 Å². The van der Waals surface area contributed by atoms with Crippen LogP contribution in [0.4, 0.5) is 5.69 Å². The molecule has 3 rings (SSSR count). The molecule has 0 fully saturated rings. The molecule has 41 heavy (non-hydrogen) atoms. The van der Waals surface area contributed by atoms with Crippen molar-refractivity contribution in [2.45, 2.75) is 58.0 Å². The van der Waals surface area contributed by atoms with Crippen LogP contribution in [0.15, 0.2) is 65.6 Å². The van der Waals surface area contributed by atoms with Crippen LogP contribution >= 0.6 is 34.8 Å². The van der Waals surface area contributed by atoms with Crippen molar-refractivity contribution in [2.75, 3.05) is 17.4 Å². The molecule has 1 atom stereocenters. The lowest BCUT2D eigenvalue weighted by Crippen LogP contribution is -2.52. The Balaban J connectivity index is 2.09. The average molecular weight is 639 g/mol. The second-order valence-corrected chi connectivity index (χ2v) is 12.8. The van der Waals surface area contributed by atoms with Gasteiger partial charge in [-0.2, -0.15) is 0 Å². The Bertz CT molecular complexity index is 1500. The summed E-state index contributed by atoms with van der Waals surface area (Å²) in [5, 5.41) is 3.91. The predicted molar refractivity (Wildman–Crippen MR) is 166 cm³/mol. The molecule has 0 aromatic heterocycles. The maximum Gasteiger partial charge on any atom is 0.264 e. The van der Waals surface area contributed by atoms with Crippen molar-refractivity contribution in [3.8, 4) is 0 Å². The van der Waals surface area contributed by atoms with Gasteiger partial charge in [-0.15, -0.1) is 0 Å². The van der Waals surface area contributed by atoms with Gasteiger partial charge in [0.15, 0.2) is 0 Å². The lowest BCUT2D eigenvalue weighted by atomic mass is 10.1. The lowest BCUT2D eigenvalue weighted by Gasteiger charge is -2.33. The molecule has 1 N–H and O–H groups in total. The highest BCUT2D eigenvalue weighted by atomic mass is 35.5. The molecule has 3 aromatic carbocycles. The highest BCUT2D eigenvalue weighted by molar-refractivity contribution is 7.92. The minimum atomic E-state index is -4.19. The monoisotopic (exact) mass is 637 g/mol. The summed E-state index contributed by atoms with van der Waals surface area (Å²) in [4.78, 5) is 28.7. The molecule has 0 aliphatic carbocycles. The van der Waals surface area contributed by atoms with Gasteiger partial charge in [0.1, 0.15) is 12.6 Å². The van der Waals surface area contributed by atoms with Gasteiger partial charge in [-0.05, 0) is 91.9 Å². The molecular weight excluding hydrogens is 605 g/mol. The zero-order chi connectivity index (χ0) is 30.3. The maximum absolute atomic E-state index is 14.1. The predicted octanol–water partition coefficient (Wildman–Crippen LogP) is 6.79. The van der Waals surface area contributed by atoms with Crippen molar-refractivity contribution in [2.24, 2.45) is 0 Å². The molecule has 0 heterocycles. The fourth-order valence-corrected chi connectivity index (χ4v) is 6.12. The second kappa shape index (κ2) is 14.4. The van der Waals surface area contributed by atoms with E-state index in [0.717, 1.165) is 21.9 Å². The second-order valence-electron chi connectivity index (χ2n) is 9.72. The number of hydrogen-bond donors (Lipinski definition) is 1. The SMILES string of the molecule is CCCNC(=O)C(CC)N(Cc1ccc(Cl)c(Cl)c1)C(=O)CN(c1ccc(C)c(C)c1)S(=O)(=O)c1ccc(Cl)cc1. The molecule has 0 aliphatic rings. The number of nitrogens with zero attached hydrogens (tertiary/aromatic N) is 2. The number of carbonyl (C=O) groups excluding carboxylic acids is 2. The van der Waals surface area contributed by atoms with Gasteiger partial charge in [0.25, 0.3) is 10.0 Å². The number of sulfonamides is 1. The first-order chi connectivity index (χ1) is 19.4. The van der Waals surface area contributed by atoms with E-state index in [9.17, 15) is 18.0 Å². The van der Waals surface area contributed by atoms with Crippen LogP contribution in [0.25, 0.3) is 0 Å². The van der Waals surface area contributed by atoms with E-state index in [4.69, 9.17) is 34.8 Å². The zero-order valence-electron chi connectivity index (χ0n) is 23.5. The number of amides is 2. The summed E-state index contributed by atoms with van der Waals surface area (Å²) in [7, 11) is -4.19. The van der Waals surface area contributed by atoms with Crippen LogP contribution < -0.4 is 9.62 Å². The normalized spacial score (nSPS) is 12.1. The summed E-state index contributed by atoms with van der Waals surface area (Å²) in [6.07, 6.45) is 1.04. The van der Waals surface area contributed by atoms with Crippen molar-refractivity contribution in [1.29, 1.82) is 0 Å². The Labute approximate surface area is 257 Å². The van der Waals surface area contributed by atoms with Crippen LogP contribution in [0.5, 0.6) is 0 Å². The molecule has 0 radical (unpaired) electrons. The van der Waals surface area contributed by atoms with Gasteiger partial charge in [0.05, 0.1) is 20.6 Å². The van der Waals surface area contributed by atoms with Crippen molar-refractivity contribution in [1.82, 2.24) is 10.2 Å². The molecule has 0 bridgehead atoms. The molecule has 220 valence electrons. The number of rotatable bonds is 12. The summed E-state index contributed by atoms with van der Waals surface area (Å²) < 4.78 is 29.0. The third-order valence-electron chi connectivity index (χ3n) is 6.73. The average Bonchev–Trinajstić information content (AvgIpc) is 2.94. The Morgan fingerprint density at radius 1 is 0.878 bits per heavy atom. The number of aryl methyl sites for hydroxylation is 2. The van der Waals surface area contributed by atoms with Gasteiger partial charge in [0, 0.05) is 18.1 Å². The van der Waals surface area contributed by atoms with E-state index in [-0.39, 0.29) is 17.3 Å². The van der Waals surface area contributed by atoms with E-state index in [2.05, 4.69) is 5.32 Å². The first-order valence-electron chi connectivity index (χ1n) is 13.3. The smallest absolute Gasteiger partial charge is 0.264 e. The minimum Gasteiger partial charge on any atom is -0.354 e. The molecule has 2 amide bonds. The van der Waals surface area contributed by atoms with Gasteiger partial charge in [-0.1, -0.05) is 60.8 Å². The number of halogens is 3. The van der Waals surface area contributed by atoms with E-state index in [0.29, 0.717) is 39.3 Å². The summed E-state index contributed by atoms with van der Waals surface area (Å²) in [6, 6.07) is 15.1. The Kier molecular flexibility index (Phi) is 11.5. The molecular formula is C30H34Cl3N3O4S. The molecule has 0 spiro atoms. The third kappa shape index (κ3) is 8.16. The maximum atomic E-state index is 14.1. The highest BCUT2D eigenvalue weighted by Gasteiger charge is 2.33. The summed E-state index contributed by atoms with van der Waals surface area (Å²) in [6.45, 7) is 7.46. The van der Waals surface area contributed by atoms with Crippen LogP contribution in [-0.2, 0) is 26.2 Å². The summed E-state index contributed by atoms with van der Waals surface area (Å²) in [5.41, 5.74) is 2.82. The zero-order valence-corrected chi connectivity index (χ0v) is 26.5. The summed E-state index contributed by atoms with van der Waals surface area (Å²) >= 11 is 18.4.